The van der Waals surface area contributed by atoms with E-state index in [1.54, 1.807) is 6.92 Å². The van der Waals surface area contributed by atoms with Gasteiger partial charge < -0.3 is 19.9 Å². The first-order valence-corrected chi connectivity index (χ1v) is 17.5. The Hall–Kier alpha value is -5.50. The Balaban J connectivity index is 1.26. The molecule has 1 aliphatic carbocycles. The first kappa shape index (κ1) is 35.3. The van der Waals surface area contributed by atoms with Gasteiger partial charge in [0, 0.05) is 11.1 Å². The molecule has 51 heavy (non-hydrogen) atoms. The average molecular weight is 711 g/mol. The number of thiophene rings is 1. The molecule has 0 fully saturated rings. The quantitative estimate of drug-likeness (QED) is 0.154. The summed E-state index contributed by atoms with van der Waals surface area (Å²) in [6.45, 7) is 1.68. The summed E-state index contributed by atoms with van der Waals surface area (Å²) >= 11 is 1.37. The summed E-state index contributed by atoms with van der Waals surface area (Å²) in [6.07, 6.45) is 8.26. The van der Waals surface area contributed by atoms with Crippen molar-refractivity contribution in [2.75, 3.05) is 0 Å². The Morgan fingerprint density at radius 3 is 2.00 bits per heavy atom. The van der Waals surface area contributed by atoms with Gasteiger partial charge in [0.2, 0.25) is 0 Å². The lowest BCUT2D eigenvalue weighted by atomic mass is 9.99. The third-order valence-corrected chi connectivity index (χ3v) is 9.66. The number of allylic oxidation sites excluding steroid dienone is 4. The zero-order valence-electron chi connectivity index (χ0n) is 28.1. The minimum Gasteiger partial charge on any atom is -0.421 e. The molecule has 0 spiro atoms. The molecule has 2 N–H and O–H groups in total. The predicted octanol–water partition coefficient (Wildman–Crippen LogP) is 4.97. The highest BCUT2D eigenvalue weighted by Crippen LogP contribution is 2.28. The van der Waals surface area contributed by atoms with Gasteiger partial charge in [-0.05, 0) is 65.8 Å². The van der Waals surface area contributed by atoms with Crippen LogP contribution in [0.2, 0.25) is 0 Å². The standard InChI is InChI=1S/C38H38N4O8S/c1-2-30-33(28-15-7-4-8-16-28)39(37(45)41(47)35(30)43)24-50-23-29-17-10-9-14-27(29)19-20-31-34(32-18-11-21-51-32)40(38(46)42(48)36(31)44)25-49-22-26-12-5-3-6-13-26/h3,5-7,9-18,21,47-48H,2,4,8,19-20,22-25H2,1H3. The van der Waals surface area contributed by atoms with Crippen LogP contribution >= 0.6 is 11.3 Å². The Morgan fingerprint density at radius 2 is 1.35 bits per heavy atom. The van der Waals surface area contributed by atoms with E-state index in [1.807, 2.05) is 90.3 Å². The van der Waals surface area contributed by atoms with E-state index in [0.29, 0.717) is 34.7 Å². The molecule has 0 saturated heterocycles. The van der Waals surface area contributed by atoms with Crippen LogP contribution in [0.1, 0.15) is 53.3 Å². The van der Waals surface area contributed by atoms with Crippen molar-refractivity contribution < 1.29 is 19.9 Å². The lowest BCUT2D eigenvalue weighted by Crippen LogP contribution is -2.42. The molecule has 5 aromatic rings. The van der Waals surface area contributed by atoms with Crippen LogP contribution in [0, 0.1) is 0 Å². The van der Waals surface area contributed by atoms with Gasteiger partial charge in [-0.2, -0.15) is 0 Å². The van der Waals surface area contributed by atoms with Crippen LogP contribution in [0.4, 0.5) is 0 Å². The largest absolute Gasteiger partial charge is 0.421 e. The lowest BCUT2D eigenvalue weighted by molar-refractivity contribution is 0.0509. The van der Waals surface area contributed by atoms with Crippen LogP contribution in [0.15, 0.2) is 110 Å². The normalized spacial score (nSPS) is 12.7. The molecule has 0 bridgehead atoms. The number of hydrogen-bond donors (Lipinski definition) is 2. The first-order valence-electron chi connectivity index (χ1n) is 16.6. The third kappa shape index (κ3) is 7.50. The topological polar surface area (TPSA) is 147 Å². The van der Waals surface area contributed by atoms with Crippen LogP contribution in [0.25, 0.3) is 16.1 Å². The Labute approximate surface area is 296 Å². The maximum Gasteiger partial charge on any atom is 0.366 e. The SMILES string of the molecule is CCc1c(C2=CCCC=C2)n(COCc2ccccc2CCc2c(-c3cccs3)n(COCc3ccccc3)c(=O)n(O)c2=O)c(=O)n(O)c1=O. The maximum atomic E-state index is 13.4. The monoisotopic (exact) mass is 710 g/mol. The van der Waals surface area contributed by atoms with E-state index in [4.69, 9.17) is 9.47 Å². The van der Waals surface area contributed by atoms with Crippen LogP contribution in [-0.2, 0) is 55.4 Å². The highest BCUT2D eigenvalue weighted by atomic mass is 32.1. The summed E-state index contributed by atoms with van der Waals surface area (Å²) in [7, 11) is 0. The number of rotatable bonds is 14. The second kappa shape index (κ2) is 16.0. The van der Waals surface area contributed by atoms with E-state index in [1.165, 1.54) is 20.5 Å². The average Bonchev–Trinajstić information content (AvgIpc) is 3.70. The zero-order chi connectivity index (χ0) is 35.9. The van der Waals surface area contributed by atoms with Gasteiger partial charge in [0.1, 0.15) is 13.5 Å². The molecule has 264 valence electrons. The fourth-order valence-corrected chi connectivity index (χ4v) is 7.06. The Kier molecular flexibility index (Phi) is 11.1. The van der Waals surface area contributed by atoms with Crippen LogP contribution in [0.3, 0.4) is 0 Å². The third-order valence-electron chi connectivity index (χ3n) is 8.79. The van der Waals surface area contributed by atoms with Crippen LogP contribution in [0.5, 0.6) is 0 Å². The number of benzene rings is 2. The zero-order valence-corrected chi connectivity index (χ0v) is 28.9. The van der Waals surface area contributed by atoms with Gasteiger partial charge >= 0.3 is 11.4 Å². The molecule has 12 nitrogen and oxygen atoms in total. The van der Waals surface area contributed by atoms with Crippen molar-refractivity contribution in [1.29, 1.82) is 0 Å². The molecular formula is C38H38N4O8S. The molecule has 0 saturated carbocycles. The number of ether oxygens (including phenoxy) is 2. The van der Waals surface area contributed by atoms with Crippen molar-refractivity contribution in [1.82, 2.24) is 18.6 Å². The summed E-state index contributed by atoms with van der Waals surface area (Å²) in [5.41, 5.74) is 1.28. The summed E-state index contributed by atoms with van der Waals surface area (Å²) in [5, 5.41) is 22.8. The molecule has 0 unspecified atom stereocenters. The molecule has 13 heteroatoms. The molecule has 0 amide bonds. The van der Waals surface area contributed by atoms with Gasteiger partial charge in [-0.25, -0.2) is 9.59 Å². The van der Waals surface area contributed by atoms with Gasteiger partial charge in [0.15, 0.2) is 0 Å². The van der Waals surface area contributed by atoms with Crippen molar-refractivity contribution in [3.63, 3.8) is 0 Å². The molecule has 1 aliphatic rings. The number of aromatic nitrogens is 4. The number of nitrogens with zero attached hydrogens (tertiary/aromatic N) is 4. The number of hydrogen-bond acceptors (Lipinski definition) is 9. The van der Waals surface area contributed by atoms with Gasteiger partial charge in [-0.3, -0.25) is 18.7 Å². The molecule has 0 aliphatic heterocycles. The van der Waals surface area contributed by atoms with Crippen molar-refractivity contribution in [3.05, 3.63) is 166 Å². The maximum absolute atomic E-state index is 13.4. The minimum absolute atomic E-state index is 0.0811. The fourth-order valence-electron chi connectivity index (χ4n) is 6.25. The molecule has 2 aromatic carbocycles. The second-order valence-corrected chi connectivity index (χ2v) is 12.9. The molecule has 0 radical (unpaired) electrons. The van der Waals surface area contributed by atoms with Crippen molar-refractivity contribution >= 4 is 16.9 Å². The fraction of sp³-hybridized carbons (Fsp3) is 0.263. The molecule has 0 atom stereocenters. The van der Waals surface area contributed by atoms with E-state index in [9.17, 15) is 29.6 Å². The van der Waals surface area contributed by atoms with Gasteiger partial charge in [0.05, 0.1) is 29.5 Å². The highest BCUT2D eigenvalue weighted by Gasteiger charge is 2.23. The smallest absolute Gasteiger partial charge is 0.366 e. The highest BCUT2D eigenvalue weighted by molar-refractivity contribution is 7.13. The van der Waals surface area contributed by atoms with Gasteiger partial charge in [-0.1, -0.05) is 95.3 Å². The lowest BCUT2D eigenvalue weighted by Gasteiger charge is -2.19. The molecule has 3 aromatic heterocycles. The molecular weight excluding hydrogens is 673 g/mol. The summed E-state index contributed by atoms with van der Waals surface area (Å²) in [4.78, 5) is 53.3. The molecule has 6 rings (SSSR count). The summed E-state index contributed by atoms with van der Waals surface area (Å²) in [5.74, 6) is 0. The van der Waals surface area contributed by atoms with E-state index in [0.717, 1.165) is 35.1 Å². The van der Waals surface area contributed by atoms with Gasteiger partial charge in [-0.15, -0.1) is 11.3 Å². The summed E-state index contributed by atoms with van der Waals surface area (Å²) < 4.78 is 14.7. The van der Waals surface area contributed by atoms with Gasteiger partial charge in [0.25, 0.3) is 11.1 Å². The van der Waals surface area contributed by atoms with Crippen LogP contribution in [-0.4, -0.2) is 29.0 Å². The Bertz CT molecular complexity index is 2320. The van der Waals surface area contributed by atoms with Crippen LogP contribution < -0.4 is 22.5 Å². The minimum atomic E-state index is -0.899. The van der Waals surface area contributed by atoms with E-state index < -0.39 is 22.5 Å². The van der Waals surface area contributed by atoms with Crippen molar-refractivity contribution in [3.8, 4) is 10.6 Å². The predicted molar refractivity (Wildman–Crippen MR) is 193 cm³/mol. The first-order chi connectivity index (χ1) is 24.8. The Morgan fingerprint density at radius 1 is 0.706 bits per heavy atom. The van der Waals surface area contributed by atoms with Crippen molar-refractivity contribution in [2.45, 2.75) is 65.7 Å². The van der Waals surface area contributed by atoms with E-state index >= 15 is 0 Å². The molecule has 3 heterocycles. The van der Waals surface area contributed by atoms with E-state index in [2.05, 4.69) is 0 Å². The van der Waals surface area contributed by atoms with E-state index in [-0.39, 0.29) is 48.1 Å². The second-order valence-electron chi connectivity index (χ2n) is 12.0. The summed E-state index contributed by atoms with van der Waals surface area (Å²) in [6, 6.07) is 20.6. The number of aryl methyl sites for hydroxylation is 1. The van der Waals surface area contributed by atoms with Crippen molar-refractivity contribution in [2.24, 2.45) is 0 Å².